The Balaban J connectivity index is 3.83. The molecule has 3 atom stereocenters. The van der Waals surface area contributed by atoms with Crippen molar-refractivity contribution < 1.29 is 27.5 Å². The van der Waals surface area contributed by atoms with Gasteiger partial charge in [-0.05, 0) is 84.2 Å². The summed E-state index contributed by atoms with van der Waals surface area (Å²) in [6, 6.07) is 10.9. The fourth-order valence-electron chi connectivity index (χ4n) is 5.04. The molecule has 0 bridgehead atoms. The maximum Gasteiger partial charge on any atom is 0.193 e. The van der Waals surface area contributed by atoms with Crippen molar-refractivity contribution in [2.45, 2.75) is 154 Å². The van der Waals surface area contributed by atoms with Gasteiger partial charge in [0.2, 0.25) is 0 Å². The molecule has 0 aliphatic rings. The van der Waals surface area contributed by atoms with E-state index in [0.717, 1.165) is 35.7 Å². The number of hydrogen-bond acceptors (Lipinski definition) is 6. The third-order valence-electron chi connectivity index (χ3n) is 10.7. The largest absolute Gasteiger partial charge is 0.497 e. The van der Waals surface area contributed by atoms with E-state index in [4.69, 9.17) is 22.8 Å². The molecule has 0 unspecified atom stereocenters. The van der Waals surface area contributed by atoms with Crippen LogP contribution >= 0.6 is 0 Å². The Morgan fingerprint density at radius 2 is 1.41 bits per heavy atom. The summed E-state index contributed by atoms with van der Waals surface area (Å²) in [5, 5.41) is 0.101. The molecule has 1 aromatic rings. The third kappa shape index (κ3) is 12.0. The Bertz CT molecular complexity index is 1080. The van der Waals surface area contributed by atoms with Crippen molar-refractivity contribution in [3.8, 4) is 5.75 Å². The predicted molar refractivity (Wildman–Crippen MR) is 202 cm³/mol. The molecule has 6 nitrogen and oxygen atoms in total. The zero-order valence-corrected chi connectivity index (χ0v) is 34.9. The average molecular weight is 693 g/mol. The standard InChI is InChI=1S/C37H68O6Si3/c1-16-32(42-45(14,15)36(8,9)10)29-34(40-30-31-21-23-33(39-11)24-22-31)37(25-20-27-38,43-46(17-2,18-3)19-4)26-28-41-44(12,13)35(5,6)7/h16,20-25,27,32,34H,1,17-19,26,28-30H2,2-15H3/b25-20+/t32-,34+,37-/m0/s1. The topological polar surface area (TPSA) is 63.2 Å². The van der Waals surface area contributed by atoms with Crippen LogP contribution in [0, 0.1) is 0 Å². The van der Waals surface area contributed by atoms with E-state index in [0.29, 0.717) is 26.1 Å². The lowest BCUT2D eigenvalue weighted by Crippen LogP contribution is -2.56. The molecule has 0 amide bonds. The van der Waals surface area contributed by atoms with Crippen LogP contribution in [0.25, 0.3) is 0 Å². The molecule has 0 aliphatic carbocycles. The number of hydrogen-bond donors (Lipinski definition) is 0. The molecule has 0 N–H and O–H groups in total. The van der Waals surface area contributed by atoms with Gasteiger partial charge in [-0.2, -0.15) is 0 Å². The highest BCUT2D eigenvalue weighted by Gasteiger charge is 2.48. The van der Waals surface area contributed by atoms with Gasteiger partial charge < -0.3 is 22.8 Å². The third-order valence-corrected chi connectivity index (χ3v) is 24.4. The first kappa shape index (κ1) is 42.7. The monoisotopic (exact) mass is 692 g/mol. The van der Waals surface area contributed by atoms with Crippen molar-refractivity contribution in [3.63, 3.8) is 0 Å². The van der Waals surface area contributed by atoms with E-state index in [2.05, 4.69) is 95.1 Å². The van der Waals surface area contributed by atoms with E-state index in [1.54, 1.807) is 13.2 Å². The van der Waals surface area contributed by atoms with Gasteiger partial charge in [0, 0.05) is 19.4 Å². The van der Waals surface area contributed by atoms with Crippen LogP contribution in [-0.2, 0) is 29.4 Å². The van der Waals surface area contributed by atoms with E-state index < -0.39 is 36.7 Å². The zero-order valence-electron chi connectivity index (χ0n) is 31.9. The van der Waals surface area contributed by atoms with E-state index in [1.807, 2.05) is 36.4 Å². The average Bonchev–Trinajstić information content (AvgIpc) is 2.99. The fraction of sp³-hybridized carbons (Fsp3) is 0.703. The lowest BCUT2D eigenvalue weighted by atomic mass is 9.88. The van der Waals surface area contributed by atoms with Crippen LogP contribution in [0.4, 0.5) is 0 Å². The van der Waals surface area contributed by atoms with Gasteiger partial charge >= 0.3 is 0 Å². The molecule has 264 valence electrons. The molecule has 0 fully saturated rings. The van der Waals surface area contributed by atoms with Crippen LogP contribution in [0.1, 0.15) is 80.7 Å². The van der Waals surface area contributed by atoms with Gasteiger partial charge in [-0.15, -0.1) is 6.58 Å². The molecule has 1 rings (SSSR count). The highest BCUT2D eigenvalue weighted by molar-refractivity contribution is 6.74. The smallest absolute Gasteiger partial charge is 0.193 e. The number of benzene rings is 1. The minimum atomic E-state index is -2.22. The SMILES string of the molecule is C=C[C@@H](C[C@@H](OCc1ccc(OC)cc1)[C@](/C=C/C=O)(CCO[Si](C)(C)C(C)(C)C)O[Si](CC)(CC)CC)O[Si](C)(C)C(C)(C)C. The first-order valence-corrected chi connectivity index (χ1v) is 25.6. The Kier molecular flexibility index (Phi) is 16.6. The van der Waals surface area contributed by atoms with Crippen LogP contribution in [0.3, 0.4) is 0 Å². The Hall–Kier alpha value is -1.34. The van der Waals surface area contributed by atoms with Crippen molar-refractivity contribution in [3.05, 3.63) is 54.6 Å². The summed E-state index contributed by atoms with van der Waals surface area (Å²) < 4.78 is 33.6. The van der Waals surface area contributed by atoms with Crippen LogP contribution in [-0.4, -0.2) is 62.8 Å². The van der Waals surface area contributed by atoms with Crippen LogP contribution in [0.2, 0.25) is 54.4 Å². The number of rotatable bonds is 21. The summed E-state index contributed by atoms with van der Waals surface area (Å²) in [5.74, 6) is 0.800. The van der Waals surface area contributed by atoms with E-state index in [9.17, 15) is 4.79 Å². The zero-order chi connectivity index (χ0) is 35.5. The second-order valence-electron chi connectivity index (χ2n) is 15.7. The normalized spacial score (nSPS) is 16.2. The molecule has 0 radical (unpaired) electrons. The van der Waals surface area contributed by atoms with E-state index in [-0.39, 0.29) is 16.2 Å². The summed E-state index contributed by atoms with van der Waals surface area (Å²) in [5.41, 5.74) is 0.129. The Morgan fingerprint density at radius 1 is 0.870 bits per heavy atom. The van der Waals surface area contributed by atoms with Gasteiger partial charge in [0.05, 0.1) is 25.9 Å². The highest BCUT2D eigenvalue weighted by atomic mass is 28.4. The van der Waals surface area contributed by atoms with Crippen molar-refractivity contribution >= 4 is 31.2 Å². The lowest BCUT2D eigenvalue weighted by Gasteiger charge is -2.47. The molecule has 0 aliphatic heterocycles. The van der Waals surface area contributed by atoms with Crippen molar-refractivity contribution in [1.29, 1.82) is 0 Å². The molecule has 0 saturated carbocycles. The lowest BCUT2D eigenvalue weighted by molar-refractivity contribution is -0.105. The van der Waals surface area contributed by atoms with E-state index >= 15 is 0 Å². The number of allylic oxidation sites excluding steroid dienone is 1. The fourth-order valence-corrected chi connectivity index (χ4v) is 10.4. The number of carbonyl (C=O) groups excluding carboxylic acids is 1. The Morgan fingerprint density at radius 3 is 1.85 bits per heavy atom. The first-order chi connectivity index (χ1) is 21.2. The predicted octanol–water partition coefficient (Wildman–Crippen LogP) is 10.5. The Labute approximate surface area is 286 Å². The van der Waals surface area contributed by atoms with E-state index in [1.165, 1.54) is 0 Å². The van der Waals surface area contributed by atoms with Gasteiger partial charge in [-0.3, -0.25) is 4.79 Å². The van der Waals surface area contributed by atoms with Crippen molar-refractivity contribution in [1.82, 2.24) is 0 Å². The van der Waals surface area contributed by atoms with Gasteiger partial charge in [0.25, 0.3) is 0 Å². The summed E-state index contributed by atoms with van der Waals surface area (Å²) in [6.07, 6.45) is 6.73. The van der Waals surface area contributed by atoms with Crippen molar-refractivity contribution in [2.24, 2.45) is 0 Å². The number of methoxy groups -OCH3 is 1. The maximum atomic E-state index is 12.0. The molecule has 0 saturated heterocycles. The van der Waals surface area contributed by atoms with Crippen LogP contribution in [0.15, 0.2) is 49.1 Å². The second-order valence-corrected chi connectivity index (χ2v) is 29.9. The summed E-state index contributed by atoms with van der Waals surface area (Å²) in [4.78, 5) is 12.0. The van der Waals surface area contributed by atoms with Crippen LogP contribution < -0.4 is 4.74 Å². The maximum absolute atomic E-state index is 12.0. The van der Waals surface area contributed by atoms with Gasteiger partial charge in [0.15, 0.2) is 25.0 Å². The van der Waals surface area contributed by atoms with Gasteiger partial charge in [0.1, 0.15) is 17.6 Å². The van der Waals surface area contributed by atoms with Crippen LogP contribution in [0.5, 0.6) is 5.75 Å². The molecule has 46 heavy (non-hydrogen) atoms. The molecule has 9 heteroatoms. The number of ether oxygens (including phenoxy) is 2. The summed E-state index contributed by atoms with van der Waals surface area (Å²) >= 11 is 0. The quantitative estimate of drug-likeness (QED) is 0.0553. The minimum absolute atomic E-state index is 0.0322. The molecule has 1 aromatic carbocycles. The van der Waals surface area contributed by atoms with Crippen molar-refractivity contribution in [2.75, 3.05) is 13.7 Å². The molecular formula is C37H68O6Si3. The van der Waals surface area contributed by atoms with Gasteiger partial charge in [-0.25, -0.2) is 0 Å². The van der Waals surface area contributed by atoms with Gasteiger partial charge in [-0.1, -0.05) is 80.5 Å². The number of carbonyl (C=O) groups is 1. The summed E-state index contributed by atoms with van der Waals surface area (Å²) in [6.45, 7) is 34.4. The molecule has 0 spiro atoms. The summed E-state index contributed by atoms with van der Waals surface area (Å²) in [7, 11) is -4.75. The second kappa shape index (κ2) is 17.9. The molecular weight excluding hydrogens is 625 g/mol. The minimum Gasteiger partial charge on any atom is -0.497 e. The number of aldehydes is 1. The molecule has 0 heterocycles. The first-order valence-electron chi connectivity index (χ1n) is 17.2. The molecule has 0 aromatic heterocycles. The highest BCUT2D eigenvalue weighted by Crippen LogP contribution is 2.42.